The number of carbonyl (C=O) groups is 1. The van der Waals surface area contributed by atoms with E-state index in [1.165, 1.54) is 6.07 Å². The number of carboxylic acid groups (broad SMARTS) is 1. The molecule has 0 saturated carbocycles. The van der Waals surface area contributed by atoms with E-state index in [-0.39, 0.29) is 12.1 Å². The first kappa shape index (κ1) is 14.5. The van der Waals surface area contributed by atoms with Gasteiger partial charge >= 0.3 is 5.97 Å². The number of hydrogen-bond donors (Lipinski definition) is 3. The summed E-state index contributed by atoms with van der Waals surface area (Å²) in [5.74, 6) is -0.968. The van der Waals surface area contributed by atoms with Crippen molar-refractivity contribution in [1.29, 1.82) is 0 Å². The molecule has 0 bridgehead atoms. The van der Waals surface area contributed by atoms with Crippen LogP contribution >= 0.6 is 12.2 Å². The molecular weight excluding hydrogens is 230 g/mol. The maximum Gasteiger partial charge on any atom is 0.317 e. The Labute approximate surface area is 97.7 Å². The molecule has 0 fully saturated rings. The Bertz CT molecular complexity index is 410. The van der Waals surface area contributed by atoms with Crippen LogP contribution in [0, 0.1) is 4.77 Å². The summed E-state index contributed by atoms with van der Waals surface area (Å²) in [7, 11) is 0. The largest absolute Gasteiger partial charge is 0.480 e. The molecule has 90 valence electrons. The Kier molecular flexibility index (Phi) is 7.06. The molecule has 4 N–H and O–H groups in total. The highest BCUT2D eigenvalue weighted by Gasteiger charge is 1.93. The molecule has 0 saturated heterocycles. The van der Waals surface area contributed by atoms with Gasteiger partial charge in [0.15, 0.2) is 4.77 Å². The molecule has 0 aliphatic rings. The first-order valence-electron chi connectivity index (χ1n) is 4.73. The second kappa shape index (κ2) is 7.77. The lowest BCUT2D eigenvalue weighted by atomic mass is 10.5. The SMILES string of the molecule is CCCn1c(=O)cc[nH]c1=S.NCC(=O)O. The van der Waals surface area contributed by atoms with Crippen molar-refractivity contribution in [1.82, 2.24) is 9.55 Å². The second-order valence-corrected chi connectivity index (χ2v) is 3.26. The normalized spacial score (nSPS) is 9.12. The number of nitrogens with one attached hydrogen (secondary N) is 1. The number of rotatable bonds is 3. The van der Waals surface area contributed by atoms with Crippen LogP contribution in [0.25, 0.3) is 0 Å². The van der Waals surface area contributed by atoms with E-state index in [2.05, 4.69) is 10.7 Å². The Hall–Kier alpha value is -1.47. The summed E-state index contributed by atoms with van der Waals surface area (Å²) >= 11 is 4.91. The molecule has 16 heavy (non-hydrogen) atoms. The minimum absolute atomic E-state index is 0.0319. The maximum atomic E-state index is 11.1. The zero-order valence-corrected chi connectivity index (χ0v) is 9.79. The summed E-state index contributed by atoms with van der Waals surface area (Å²) in [6.07, 6.45) is 2.48. The summed E-state index contributed by atoms with van der Waals surface area (Å²) < 4.78 is 2.05. The average molecular weight is 245 g/mol. The van der Waals surface area contributed by atoms with Crippen molar-refractivity contribution >= 4 is 18.2 Å². The molecule has 6 nitrogen and oxygen atoms in total. The van der Waals surface area contributed by atoms with Crippen molar-refractivity contribution < 1.29 is 9.90 Å². The number of aromatic nitrogens is 2. The van der Waals surface area contributed by atoms with Gasteiger partial charge in [-0.15, -0.1) is 0 Å². The molecule has 0 aromatic carbocycles. The molecule has 1 rings (SSSR count). The monoisotopic (exact) mass is 245 g/mol. The zero-order valence-electron chi connectivity index (χ0n) is 8.97. The Balaban J connectivity index is 0.000000385. The highest BCUT2D eigenvalue weighted by atomic mass is 32.1. The van der Waals surface area contributed by atoms with Gasteiger partial charge in [-0.1, -0.05) is 6.92 Å². The molecule has 1 heterocycles. The standard InChI is InChI=1S/C7H10N2OS.C2H5NO2/c1-2-5-9-6(10)3-4-8-7(9)11;3-1-2(4)5/h3-4H,2,5H2,1H3,(H,8,11);1,3H2,(H,4,5). The lowest BCUT2D eigenvalue weighted by Gasteiger charge is -2.00. The van der Waals surface area contributed by atoms with E-state index in [0.29, 0.717) is 11.3 Å². The van der Waals surface area contributed by atoms with E-state index >= 15 is 0 Å². The molecular formula is C9H15N3O3S. The van der Waals surface area contributed by atoms with Crippen LogP contribution in [0.2, 0.25) is 0 Å². The van der Waals surface area contributed by atoms with Crippen LogP contribution in [0.5, 0.6) is 0 Å². The van der Waals surface area contributed by atoms with Crippen LogP contribution < -0.4 is 11.3 Å². The smallest absolute Gasteiger partial charge is 0.317 e. The van der Waals surface area contributed by atoms with Crippen molar-refractivity contribution in [3.8, 4) is 0 Å². The summed E-state index contributed by atoms with van der Waals surface area (Å²) in [6, 6.07) is 1.48. The molecule has 7 heteroatoms. The highest BCUT2D eigenvalue weighted by Crippen LogP contribution is 1.85. The van der Waals surface area contributed by atoms with Gasteiger partial charge in [-0.3, -0.25) is 14.2 Å². The molecule has 0 atom stereocenters. The number of aliphatic carboxylic acids is 1. The quantitative estimate of drug-likeness (QED) is 0.667. The number of hydrogen-bond acceptors (Lipinski definition) is 4. The van der Waals surface area contributed by atoms with Gasteiger partial charge in [-0.2, -0.15) is 0 Å². The third-order valence-corrected chi connectivity index (χ3v) is 1.90. The number of carboxylic acids is 1. The Morgan fingerprint density at radius 1 is 1.69 bits per heavy atom. The van der Waals surface area contributed by atoms with E-state index < -0.39 is 5.97 Å². The van der Waals surface area contributed by atoms with Crippen LogP contribution in [-0.4, -0.2) is 27.2 Å². The molecule has 1 aromatic rings. The van der Waals surface area contributed by atoms with Gasteiger partial charge < -0.3 is 15.8 Å². The summed E-state index contributed by atoms with van der Waals surface area (Å²) in [5, 5.41) is 7.60. The van der Waals surface area contributed by atoms with Gasteiger partial charge in [0.2, 0.25) is 0 Å². The third kappa shape index (κ3) is 5.42. The van der Waals surface area contributed by atoms with E-state index in [1.807, 2.05) is 6.92 Å². The molecule has 0 spiro atoms. The van der Waals surface area contributed by atoms with Crippen LogP contribution in [0.4, 0.5) is 0 Å². The lowest BCUT2D eigenvalue weighted by Crippen LogP contribution is -2.19. The first-order valence-corrected chi connectivity index (χ1v) is 5.14. The number of H-pyrrole nitrogens is 1. The van der Waals surface area contributed by atoms with Crippen LogP contribution in [-0.2, 0) is 11.3 Å². The highest BCUT2D eigenvalue weighted by molar-refractivity contribution is 7.71. The molecule has 0 radical (unpaired) electrons. The van der Waals surface area contributed by atoms with E-state index in [1.54, 1.807) is 10.8 Å². The molecule has 0 aliphatic heterocycles. The summed E-state index contributed by atoms with van der Waals surface area (Å²) in [4.78, 5) is 23.2. The molecule has 1 aromatic heterocycles. The number of aromatic amines is 1. The Morgan fingerprint density at radius 3 is 2.62 bits per heavy atom. The third-order valence-electron chi connectivity index (χ3n) is 1.57. The van der Waals surface area contributed by atoms with Crippen LogP contribution in [0.1, 0.15) is 13.3 Å². The van der Waals surface area contributed by atoms with Gasteiger partial charge in [0.25, 0.3) is 5.56 Å². The fraction of sp³-hybridized carbons (Fsp3) is 0.444. The number of nitrogens with zero attached hydrogens (tertiary/aromatic N) is 1. The lowest BCUT2D eigenvalue weighted by molar-refractivity contribution is -0.135. The van der Waals surface area contributed by atoms with Crippen molar-refractivity contribution in [2.24, 2.45) is 5.73 Å². The van der Waals surface area contributed by atoms with E-state index in [4.69, 9.17) is 17.3 Å². The van der Waals surface area contributed by atoms with Gasteiger partial charge in [0, 0.05) is 18.8 Å². The summed E-state index contributed by atoms with van der Waals surface area (Å²) in [5.41, 5.74) is 4.54. The predicted octanol–water partition coefficient (Wildman–Crippen LogP) is 0.346. The van der Waals surface area contributed by atoms with Crippen molar-refractivity contribution in [2.75, 3.05) is 6.54 Å². The minimum atomic E-state index is -0.968. The van der Waals surface area contributed by atoms with E-state index in [9.17, 15) is 9.59 Å². The van der Waals surface area contributed by atoms with E-state index in [0.717, 1.165) is 6.42 Å². The van der Waals surface area contributed by atoms with Gasteiger partial charge in [-0.25, -0.2) is 0 Å². The molecule has 0 amide bonds. The van der Waals surface area contributed by atoms with Crippen molar-refractivity contribution in [2.45, 2.75) is 19.9 Å². The molecule has 0 unspecified atom stereocenters. The average Bonchev–Trinajstić information content (AvgIpc) is 2.24. The van der Waals surface area contributed by atoms with Gasteiger partial charge in [0.05, 0.1) is 6.54 Å². The van der Waals surface area contributed by atoms with Gasteiger partial charge in [-0.05, 0) is 18.6 Å². The summed E-state index contributed by atoms with van der Waals surface area (Å²) in [6.45, 7) is 2.42. The second-order valence-electron chi connectivity index (χ2n) is 2.87. The van der Waals surface area contributed by atoms with Crippen molar-refractivity contribution in [3.05, 3.63) is 27.4 Å². The van der Waals surface area contributed by atoms with Crippen LogP contribution in [0.15, 0.2) is 17.1 Å². The predicted molar refractivity (Wildman–Crippen MR) is 62.9 cm³/mol. The Morgan fingerprint density at radius 2 is 2.25 bits per heavy atom. The first-order chi connectivity index (χ1) is 7.52. The maximum absolute atomic E-state index is 11.1. The molecule has 0 aliphatic carbocycles. The number of nitrogens with two attached hydrogens (primary N) is 1. The van der Waals surface area contributed by atoms with Crippen molar-refractivity contribution in [3.63, 3.8) is 0 Å². The minimum Gasteiger partial charge on any atom is -0.480 e. The fourth-order valence-corrected chi connectivity index (χ4v) is 1.14. The zero-order chi connectivity index (χ0) is 12.6. The van der Waals surface area contributed by atoms with Gasteiger partial charge in [0.1, 0.15) is 0 Å². The topological polar surface area (TPSA) is 101 Å². The fourth-order valence-electron chi connectivity index (χ4n) is 0.888. The van der Waals surface area contributed by atoms with Crippen LogP contribution in [0.3, 0.4) is 0 Å².